The average Bonchev–Trinajstić information content (AvgIpc) is 2.78. The van der Waals surface area contributed by atoms with E-state index in [0.29, 0.717) is 12.2 Å². The van der Waals surface area contributed by atoms with Gasteiger partial charge >= 0.3 is 0 Å². The van der Waals surface area contributed by atoms with Crippen LogP contribution in [0, 0.1) is 5.41 Å². The Bertz CT molecular complexity index is 364. The molecule has 1 aromatic heterocycles. The SMILES string of the molecule is Cn1ncnc1CC(=O)C1(C)CCCC1. The van der Waals surface area contributed by atoms with Crippen LogP contribution in [0.2, 0.25) is 0 Å². The summed E-state index contributed by atoms with van der Waals surface area (Å²) < 4.78 is 1.68. The van der Waals surface area contributed by atoms with E-state index in [1.165, 1.54) is 19.2 Å². The molecule has 1 aromatic rings. The van der Waals surface area contributed by atoms with Gasteiger partial charge in [-0.25, -0.2) is 4.98 Å². The molecule has 1 fully saturated rings. The van der Waals surface area contributed by atoms with E-state index in [1.54, 1.807) is 4.68 Å². The summed E-state index contributed by atoms with van der Waals surface area (Å²) in [7, 11) is 1.83. The molecule has 1 heterocycles. The Balaban J connectivity index is 2.07. The molecule has 0 amide bonds. The number of carbonyl (C=O) groups is 1. The highest BCUT2D eigenvalue weighted by Gasteiger charge is 2.36. The summed E-state index contributed by atoms with van der Waals surface area (Å²) in [5, 5.41) is 3.97. The molecule has 0 bridgehead atoms. The van der Waals surface area contributed by atoms with Gasteiger partial charge in [0.2, 0.25) is 0 Å². The van der Waals surface area contributed by atoms with Crippen LogP contribution >= 0.6 is 0 Å². The lowest BCUT2D eigenvalue weighted by atomic mass is 9.82. The molecule has 1 aliphatic rings. The lowest BCUT2D eigenvalue weighted by Crippen LogP contribution is -2.27. The minimum atomic E-state index is -0.105. The van der Waals surface area contributed by atoms with E-state index in [-0.39, 0.29) is 5.41 Å². The molecule has 1 aliphatic carbocycles. The van der Waals surface area contributed by atoms with Crippen LogP contribution in [-0.4, -0.2) is 20.5 Å². The number of rotatable bonds is 3. The fraction of sp³-hybridized carbons (Fsp3) is 0.727. The number of carbonyl (C=O) groups excluding carboxylic acids is 1. The van der Waals surface area contributed by atoms with E-state index in [0.717, 1.165) is 18.7 Å². The van der Waals surface area contributed by atoms with Gasteiger partial charge in [0, 0.05) is 12.5 Å². The highest BCUT2D eigenvalue weighted by molar-refractivity contribution is 5.86. The van der Waals surface area contributed by atoms with Crippen LogP contribution in [0.25, 0.3) is 0 Å². The summed E-state index contributed by atoms with van der Waals surface area (Å²) in [5.41, 5.74) is -0.105. The Kier molecular flexibility index (Phi) is 2.59. The predicted molar refractivity (Wildman–Crippen MR) is 56.3 cm³/mol. The van der Waals surface area contributed by atoms with Gasteiger partial charge in [0.15, 0.2) is 0 Å². The van der Waals surface area contributed by atoms with Crippen molar-refractivity contribution < 1.29 is 4.79 Å². The molecule has 4 nitrogen and oxygen atoms in total. The van der Waals surface area contributed by atoms with E-state index >= 15 is 0 Å². The zero-order valence-corrected chi connectivity index (χ0v) is 9.36. The van der Waals surface area contributed by atoms with E-state index in [4.69, 9.17) is 0 Å². The minimum Gasteiger partial charge on any atom is -0.299 e. The first-order chi connectivity index (χ1) is 7.12. The summed E-state index contributed by atoms with van der Waals surface area (Å²) in [5.74, 6) is 1.09. The fourth-order valence-electron chi connectivity index (χ4n) is 2.27. The van der Waals surface area contributed by atoms with Gasteiger partial charge in [-0.3, -0.25) is 9.48 Å². The summed E-state index contributed by atoms with van der Waals surface area (Å²) in [4.78, 5) is 16.2. The second kappa shape index (κ2) is 3.76. The van der Waals surface area contributed by atoms with Crippen LogP contribution < -0.4 is 0 Å². The van der Waals surface area contributed by atoms with Gasteiger partial charge in [0.25, 0.3) is 0 Å². The molecule has 1 saturated carbocycles. The molecule has 0 N–H and O–H groups in total. The summed E-state index contributed by atoms with van der Waals surface area (Å²) >= 11 is 0. The van der Waals surface area contributed by atoms with Crippen molar-refractivity contribution in [3.63, 3.8) is 0 Å². The van der Waals surface area contributed by atoms with Gasteiger partial charge in [0.05, 0.1) is 6.42 Å². The summed E-state index contributed by atoms with van der Waals surface area (Å²) in [6, 6.07) is 0. The zero-order chi connectivity index (χ0) is 10.9. The van der Waals surface area contributed by atoms with Crippen LogP contribution in [-0.2, 0) is 18.3 Å². The van der Waals surface area contributed by atoms with E-state index in [9.17, 15) is 4.79 Å². The topological polar surface area (TPSA) is 47.8 Å². The lowest BCUT2D eigenvalue weighted by molar-refractivity contribution is -0.127. The first kappa shape index (κ1) is 10.3. The Hall–Kier alpha value is -1.19. The second-order valence-electron chi connectivity index (χ2n) is 4.67. The lowest BCUT2D eigenvalue weighted by Gasteiger charge is -2.21. The van der Waals surface area contributed by atoms with Gasteiger partial charge in [-0.1, -0.05) is 19.8 Å². The molecule has 15 heavy (non-hydrogen) atoms. The van der Waals surface area contributed by atoms with Crippen molar-refractivity contribution in [1.82, 2.24) is 14.8 Å². The van der Waals surface area contributed by atoms with Crippen LogP contribution in [0.5, 0.6) is 0 Å². The molecule has 0 radical (unpaired) electrons. The molecule has 4 heteroatoms. The van der Waals surface area contributed by atoms with E-state index in [1.807, 2.05) is 7.05 Å². The number of hydrogen-bond donors (Lipinski definition) is 0. The van der Waals surface area contributed by atoms with Crippen molar-refractivity contribution in [3.05, 3.63) is 12.2 Å². The van der Waals surface area contributed by atoms with Gasteiger partial charge < -0.3 is 0 Å². The molecule has 0 unspecified atom stereocenters. The maximum absolute atomic E-state index is 12.1. The van der Waals surface area contributed by atoms with Crippen LogP contribution in [0.1, 0.15) is 38.4 Å². The van der Waals surface area contributed by atoms with Crippen molar-refractivity contribution in [3.8, 4) is 0 Å². The highest BCUT2D eigenvalue weighted by Crippen LogP contribution is 2.38. The molecule has 0 spiro atoms. The first-order valence-electron chi connectivity index (χ1n) is 5.48. The molecule has 0 aromatic carbocycles. The number of ketones is 1. The third-order valence-electron chi connectivity index (χ3n) is 3.50. The molecule has 0 atom stereocenters. The number of aromatic nitrogens is 3. The maximum atomic E-state index is 12.1. The summed E-state index contributed by atoms with van der Waals surface area (Å²) in [6.45, 7) is 2.08. The molecular formula is C11H17N3O. The van der Waals surface area contributed by atoms with Gasteiger partial charge in [-0.15, -0.1) is 0 Å². The molecule has 0 aliphatic heterocycles. The van der Waals surface area contributed by atoms with Crippen molar-refractivity contribution in [2.45, 2.75) is 39.0 Å². The van der Waals surface area contributed by atoms with Gasteiger partial charge in [0.1, 0.15) is 17.9 Å². The van der Waals surface area contributed by atoms with Crippen molar-refractivity contribution in [2.75, 3.05) is 0 Å². The second-order valence-corrected chi connectivity index (χ2v) is 4.67. The maximum Gasteiger partial charge on any atom is 0.146 e. The van der Waals surface area contributed by atoms with Crippen LogP contribution in [0.4, 0.5) is 0 Å². The van der Waals surface area contributed by atoms with Crippen molar-refractivity contribution in [2.24, 2.45) is 12.5 Å². The van der Waals surface area contributed by atoms with Crippen molar-refractivity contribution in [1.29, 1.82) is 0 Å². The third-order valence-corrected chi connectivity index (χ3v) is 3.50. The van der Waals surface area contributed by atoms with E-state index < -0.39 is 0 Å². The van der Waals surface area contributed by atoms with Gasteiger partial charge in [-0.2, -0.15) is 5.10 Å². The molecular weight excluding hydrogens is 190 g/mol. The number of aryl methyl sites for hydroxylation is 1. The van der Waals surface area contributed by atoms with Crippen LogP contribution in [0.15, 0.2) is 6.33 Å². The number of Topliss-reactive ketones (excluding diaryl/α,β-unsaturated/α-hetero) is 1. The molecule has 2 rings (SSSR count). The quantitative estimate of drug-likeness (QED) is 0.754. The Labute approximate surface area is 89.7 Å². The highest BCUT2D eigenvalue weighted by atomic mass is 16.1. The Morgan fingerprint density at radius 2 is 2.20 bits per heavy atom. The smallest absolute Gasteiger partial charge is 0.146 e. The third kappa shape index (κ3) is 1.94. The standard InChI is InChI=1S/C11H17N3O/c1-11(5-3-4-6-11)9(15)7-10-12-8-13-14(10)2/h8H,3-7H2,1-2H3. The Morgan fingerprint density at radius 1 is 1.53 bits per heavy atom. The molecule has 0 saturated heterocycles. The largest absolute Gasteiger partial charge is 0.299 e. The van der Waals surface area contributed by atoms with Gasteiger partial charge in [-0.05, 0) is 12.8 Å². The normalized spacial score (nSPS) is 19.3. The van der Waals surface area contributed by atoms with Crippen LogP contribution in [0.3, 0.4) is 0 Å². The Morgan fingerprint density at radius 3 is 2.73 bits per heavy atom. The minimum absolute atomic E-state index is 0.105. The number of nitrogens with zero attached hydrogens (tertiary/aromatic N) is 3. The van der Waals surface area contributed by atoms with Crippen molar-refractivity contribution >= 4 is 5.78 Å². The number of hydrogen-bond acceptors (Lipinski definition) is 3. The monoisotopic (exact) mass is 207 g/mol. The predicted octanol–water partition coefficient (Wildman–Crippen LogP) is 1.51. The molecule has 82 valence electrons. The zero-order valence-electron chi connectivity index (χ0n) is 9.36. The van der Waals surface area contributed by atoms with E-state index in [2.05, 4.69) is 17.0 Å². The first-order valence-corrected chi connectivity index (χ1v) is 5.48. The fourth-order valence-corrected chi connectivity index (χ4v) is 2.27. The average molecular weight is 207 g/mol. The summed E-state index contributed by atoms with van der Waals surface area (Å²) in [6.07, 6.45) is 6.35.